The second-order valence-corrected chi connectivity index (χ2v) is 8.69. The monoisotopic (exact) mass is 515 g/mol. The van der Waals surface area contributed by atoms with Gasteiger partial charge in [0.2, 0.25) is 11.9 Å². The summed E-state index contributed by atoms with van der Waals surface area (Å²) in [7, 11) is 0. The molecule has 2 aromatic carbocycles. The fourth-order valence-electron chi connectivity index (χ4n) is 4.16. The van der Waals surface area contributed by atoms with Crippen LogP contribution in [0.1, 0.15) is 17.7 Å². The fraction of sp³-hybridized carbons (Fsp3) is 0.346. The Hall–Kier alpha value is -3.70. The number of hydrogen-bond acceptors (Lipinski definition) is 7. The molecule has 196 valence electrons. The number of carbonyl (C=O) groups is 1. The summed E-state index contributed by atoms with van der Waals surface area (Å²) >= 11 is 0. The van der Waals surface area contributed by atoms with Crippen molar-refractivity contribution in [3.8, 4) is 5.75 Å². The first-order valence-corrected chi connectivity index (χ1v) is 11.9. The lowest BCUT2D eigenvalue weighted by Crippen LogP contribution is -2.33. The van der Waals surface area contributed by atoms with Gasteiger partial charge in [-0.05, 0) is 61.9 Å². The molecule has 0 unspecified atom stereocenters. The molecule has 0 aliphatic carbocycles. The number of benzene rings is 2. The van der Waals surface area contributed by atoms with E-state index in [1.165, 1.54) is 36.4 Å². The molecular weight excluding hydrogens is 487 g/mol. The quantitative estimate of drug-likeness (QED) is 0.460. The minimum Gasteiger partial charge on any atom is -0.406 e. The van der Waals surface area contributed by atoms with E-state index >= 15 is 0 Å². The van der Waals surface area contributed by atoms with Gasteiger partial charge >= 0.3 is 6.36 Å². The van der Waals surface area contributed by atoms with Gasteiger partial charge in [-0.2, -0.15) is 0 Å². The first kappa shape index (κ1) is 26.4. The summed E-state index contributed by atoms with van der Waals surface area (Å²) in [5.74, 6) is -0.0464. The van der Waals surface area contributed by atoms with Crippen LogP contribution in [0.3, 0.4) is 0 Å². The number of aliphatic hydroxyl groups excluding tert-OH is 1. The van der Waals surface area contributed by atoms with Crippen molar-refractivity contribution in [1.82, 2.24) is 14.9 Å². The topological polar surface area (TPSA) is 90.8 Å². The lowest BCUT2D eigenvalue weighted by molar-refractivity contribution is -0.274. The third kappa shape index (κ3) is 7.40. The van der Waals surface area contributed by atoms with Gasteiger partial charge in [-0.15, -0.1) is 13.2 Å². The number of anilines is 2. The third-order valence-corrected chi connectivity index (χ3v) is 5.97. The van der Waals surface area contributed by atoms with E-state index in [0.717, 1.165) is 49.2 Å². The standard InChI is InChI=1S/C26H28F3N5O3/c1-18-22-17-20(31-24(36)10-5-19-3-7-21(8-4-19)37-26(27,28)29)6-9-23(22)32-25(30-18)34-12-2-11-33(13-14-34)15-16-35/h3-10,17,35H,2,11-16H2,1H3,(H,31,36). The Morgan fingerprint density at radius 3 is 2.62 bits per heavy atom. The third-order valence-electron chi connectivity index (χ3n) is 5.97. The Balaban J connectivity index is 1.41. The maximum atomic E-state index is 12.4. The molecular formula is C26H28F3N5O3. The highest BCUT2D eigenvalue weighted by Gasteiger charge is 2.30. The van der Waals surface area contributed by atoms with Crippen LogP contribution in [0.5, 0.6) is 5.75 Å². The lowest BCUT2D eigenvalue weighted by Gasteiger charge is -2.22. The van der Waals surface area contributed by atoms with E-state index in [1.807, 2.05) is 19.1 Å². The van der Waals surface area contributed by atoms with Crippen LogP contribution in [0.4, 0.5) is 24.8 Å². The molecule has 1 aromatic heterocycles. The van der Waals surface area contributed by atoms with E-state index in [-0.39, 0.29) is 18.3 Å². The molecule has 8 nitrogen and oxygen atoms in total. The number of ether oxygens (including phenoxy) is 1. The zero-order valence-electron chi connectivity index (χ0n) is 20.3. The Morgan fingerprint density at radius 1 is 1.11 bits per heavy atom. The summed E-state index contributed by atoms with van der Waals surface area (Å²) in [5, 5.41) is 12.8. The van der Waals surface area contributed by atoms with Crippen molar-refractivity contribution >= 4 is 34.5 Å². The summed E-state index contributed by atoms with van der Waals surface area (Å²) in [6.07, 6.45) is -0.991. The van der Waals surface area contributed by atoms with Crippen molar-refractivity contribution in [2.24, 2.45) is 0 Å². The number of nitrogens with zero attached hydrogens (tertiary/aromatic N) is 4. The van der Waals surface area contributed by atoms with Crippen LogP contribution >= 0.6 is 0 Å². The molecule has 0 bridgehead atoms. The van der Waals surface area contributed by atoms with E-state index in [1.54, 1.807) is 6.07 Å². The molecule has 11 heteroatoms. The summed E-state index contributed by atoms with van der Waals surface area (Å²) < 4.78 is 40.7. The highest BCUT2D eigenvalue weighted by molar-refractivity contribution is 6.03. The van der Waals surface area contributed by atoms with Gasteiger partial charge in [0.05, 0.1) is 17.8 Å². The number of aryl methyl sites for hydroxylation is 1. The molecule has 0 spiro atoms. The van der Waals surface area contributed by atoms with Gasteiger partial charge in [-0.1, -0.05) is 12.1 Å². The number of fused-ring (bicyclic) bond motifs is 1. The van der Waals surface area contributed by atoms with Crippen LogP contribution in [0, 0.1) is 6.92 Å². The van der Waals surface area contributed by atoms with Gasteiger partial charge < -0.3 is 20.1 Å². The fourth-order valence-corrected chi connectivity index (χ4v) is 4.16. The van der Waals surface area contributed by atoms with Crippen molar-refractivity contribution in [3.05, 3.63) is 59.8 Å². The van der Waals surface area contributed by atoms with E-state index in [2.05, 4.69) is 19.9 Å². The highest BCUT2D eigenvalue weighted by Crippen LogP contribution is 2.25. The number of carbonyl (C=O) groups excluding carboxylic acids is 1. The zero-order valence-corrected chi connectivity index (χ0v) is 20.3. The van der Waals surface area contributed by atoms with E-state index in [0.29, 0.717) is 23.7 Å². The molecule has 37 heavy (non-hydrogen) atoms. The molecule has 0 radical (unpaired) electrons. The molecule has 3 aromatic rings. The smallest absolute Gasteiger partial charge is 0.406 e. The molecule has 1 aliphatic heterocycles. The normalized spacial score (nSPS) is 15.2. The average molecular weight is 516 g/mol. The highest BCUT2D eigenvalue weighted by atomic mass is 19.4. The Labute approximate surface area is 212 Å². The number of β-amino-alcohol motifs (C(OH)–C–C–N with tert-alkyl or cyclic N) is 1. The van der Waals surface area contributed by atoms with Gasteiger partial charge in [0.25, 0.3) is 0 Å². The number of amides is 1. The Kier molecular flexibility index (Phi) is 8.24. The number of nitrogens with one attached hydrogen (secondary N) is 1. The van der Waals surface area contributed by atoms with Gasteiger partial charge in [-0.25, -0.2) is 9.97 Å². The molecule has 2 heterocycles. The largest absolute Gasteiger partial charge is 0.573 e. The van der Waals surface area contributed by atoms with Gasteiger partial charge in [0.1, 0.15) is 5.75 Å². The molecule has 0 saturated carbocycles. The van der Waals surface area contributed by atoms with Crippen molar-refractivity contribution in [3.63, 3.8) is 0 Å². The predicted molar refractivity (Wildman–Crippen MR) is 135 cm³/mol. The van der Waals surface area contributed by atoms with Crippen molar-refractivity contribution in [2.75, 3.05) is 49.5 Å². The first-order valence-electron chi connectivity index (χ1n) is 11.9. The lowest BCUT2D eigenvalue weighted by atomic mass is 10.1. The Bertz CT molecular complexity index is 1260. The van der Waals surface area contributed by atoms with Gasteiger partial charge in [-0.3, -0.25) is 9.69 Å². The van der Waals surface area contributed by atoms with Crippen molar-refractivity contribution in [1.29, 1.82) is 0 Å². The number of alkyl halides is 3. The van der Waals surface area contributed by atoms with Crippen LogP contribution in [0.25, 0.3) is 17.0 Å². The number of rotatable bonds is 7. The first-order chi connectivity index (χ1) is 17.7. The molecule has 2 N–H and O–H groups in total. The van der Waals surface area contributed by atoms with Crippen molar-refractivity contribution in [2.45, 2.75) is 19.7 Å². The number of aromatic nitrogens is 2. The van der Waals surface area contributed by atoms with Crippen LogP contribution in [0.2, 0.25) is 0 Å². The van der Waals surface area contributed by atoms with E-state index < -0.39 is 6.36 Å². The molecule has 1 aliphatic rings. The average Bonchev–Trinajstić information content (AvgIpc) is 3.09. The summed E-state index contributed by atoms with van der Waals surface area (Å²) in [6.45, 7) is 6.10. The van der Waals surface area contributed by atoms with Crippen molar-refractivity contribution < 1.29 is 27.8 Å². The second kappa shape index (κ2) is 11.6. The van der Waals surface area contributed by atoms with E-state index in [9.17, 15) is 23.1 Å². The van der Waals surface area contributed by atoms with Crippen LogP contribution < -0.4 is 15.0 Å². The van der Waals surface area contributed by atoms with Gasteiger partial charge in [0.15, 0.2) is 0 Å². The minimum atomic E-state index is -4.75. The van der Waals surface area contributed by atoms with E-state index in [4.69, 9.17) is 9.97 Å². The van der Waals surface area contributed by atoms with Gasteiger partial charge in [0, 0.05) is 43.3 Å². The maximum Gasteiger partial charge on any atom is 0.573 e. The van der Waals surface area contributed by atoms with Crippen LogP contribution in [-0.2, 0) is 4.79 Å². The SMILES string of the molecule is Cc1nc(N2CCCN(CCO)CC2)nc2ccc(NC(=O)C=Cc3ccc(OC(F)(F)F)cc3)cc12. The predicted octanol–water partition coefficient (Wildman–Crippen LogP) is 3.99. The maximum absolute atomic E-state index is 12.4. The number of aliphatic hydroxyl groups is 1. The van der Waals surface area contributed by atoms with Crippen LogP contribution in [0.15, 0.2) is 48.5 Å². The summed E-state index contributed by atoms with van der Waals surface area (Å²) in [5.41, 5.74) is 2.69. The molecule has 1 saturated heterocycles. The summed E-state index contributed by atoms with van der Waals surface area (Å²) in [4.78, 5) is 26.2. The summed E-state index contributed by atoms with van der Waals surface area (Å²) in [6, 6.07) is 10.6. The Morgan fingerprint density at radius 2 is 1.89 bits per heavy atom. The number of hydrogen-bond donors (Lipinski definition) is 2. The molecule has 1 amide bonds. The number of halogens is 3. The molecule has 4 rings (SSSR count). The minimum absolute atomic E-state index is 0.147. The molecule has 1 fully saturated rings. The van der Waals surface area contributed by atoms with Crippen LogP contribution in [-0.4, -0.2) is 71.6 Å². The second-order valence-electron chi connectivity index (χ2n) is 8.69. The molecule has 0 atom stereocenters. The zero-order chi connectivity index (χ0) is 26.4.